The molecule has 0 aromatic heterocycles. The second kappa shape index (κ2) is 8.17. The Balaban J connectivity index is 1.81. The first kappa shape index (κ1) is 16.8. The average molecular weight is 317 g/mol. The summed E-state index contributed by atoms with van der Waals surface area (Å²) in [4.78, 5) is 12.1. The van der Waals surface area contributed by atoms with Crippen molar-refractivity contribution in [3.05, 3.63) is 59.9 Å². The molecule has 5 heteroatoms. The van der Waals surface area contributed by atoms with Crippen molar-refractivity contribution in [2.24, 2.45) is 0 Å². The first-order valence-corrected chi connectivity index (χ1v) is 7.42. The summed E-state index contributed by atoms with van der Waals surface area (Å²) in [6.07, 6.45) is -0.00700. The molecule has 2 aromatic rings. The summed E-state index contributed by atoms with van der Waals surface area (Å²) in [5.41, 5.74) is 0.963. The third kappa shape index (κ3) is 4.98. The van der Waals surface area contributed by atoms with Gasteiger partial charge < -0.3 is 14.8 Å². The Kier molecular flexibility index (Phi) is 5.97. The fourth-order valence-electron chi connectivity index (χ4n) is 2.08. The first-order chi connectivity index (χ1) is 11.1. The van der Waals surface area contributed by atoms with Crippen molar-refractivity contribution >= 4 is 5.91 Å². The second-order valence-electron chi connectivity index (χ2n) is 5.08. The molecule has 0 fully saturated rings. The SMILES string of the molecule is COc1ccccc1OC(C)C(=O)NCCc1ccc(F)cc1. The average Bonchev–Trinajstić information content (AvgIpc) is 2.57. The Bertz CT molecular complexity index is 643. The first-order valence-electron chi connectivity index (χ1n) is 7.42. The molecule has 1 atom stereocenters. The molecule has 0 aliphatic rings. The van der Waals surface area contributed by atoms with Gasteiger partial charge in [-0.15, -0.1) is 0 Å². The minimum absolute atomic E-state index is 0.210. The molecule has 0 aliphatic heterocycles. The highest BCUT2D eigenvalue weighted by atomic mass is 19.1. The van der Waals surface area contributed by atoms with Gasteiger partial charge >= 0.3 is 0 Å². The number of carbonyl (C=O) groups is 1. The van der Waals surface area contributed by atoms with Gasteiger partial charge in [-0.25, -0.2) is 4.39 Å². The predicted octanol–water partition coefficient (Wildman–Crippen LogP) is 2.96. The lowest BCUT2D eigenvalue weighted by atomic mass is 10.1. The number of ether oxygens (including phenoxy) is 2. The second-order valence-corrected chi connectivity index (χ2v) is 5.08. The molecule has 4 nitrogen and oxygen atoms in total. The van der Waals surface area contributed by atoms with Crippen molar-refractivity contribution in [1.82, 2.24) is 5.32 Å². The van der Waals surface area contributed by atoms with E-state index in [1.54, 1.807) is 38.3 Å². The molecule has 1 N–H and O–H groups in total. The highest BCUT2D eigenvalue weighted by Gasteiger charge is 2.16. The normalized spacial score (nSPS) is 11.6. The van der Waals surface area contributed by atoms with Crippen molar-refractivity contribution in [3.63, 3.8) is 0 Å². The Hall–Kier alpha value is -2.56. The Labute approximate surface area is 135 Å². The van der Waals surface area contributed by atoms with Gasteiger partial charge in [0.2, 0.25) is 0 Å². The maximum absolute atomic E-state index is 12.8. The third-order valence-electron chi connectivity index (χ3n) is 3.37. The molecule has 2 aromatic carbocycles. The monoisotopic (exact) mass is 317 g/mol. The van der Waals surface area contributed by atoms with E-state index in [4.69, 9.17) is 9.47 Å². The van der Waals surface area contributed by atoms with Crippen molar-refractivity contribution in [3.8, 4) is 11.5 Å². The van der Waals surface area contributed by atoms with Crippen molar-refractivity contribution < 1.29 is 18.7 Å². The predicted molar refractivity (Wildman–Crippen MR) is 86.2 cm³/mol. The number of para-hydroxylation sites is 2. The van der Waals surface area contributed by atoms with E-state index in [1.807, 2.05) is 12.1 Å². The quantitative estimate of drug-likeness (QED) is 0.854. The molecular formula is C18H20FNO3. The van der Waals surface area contributed by atoms with Crippen LogP contribution < -0.4 is 14.8 Å². The molecule has 1 amide bonds. The molecule has 0 heterocycles. The summed E-state index contributed by atoms with van der Waals surface area (Å²) in [5, 5.41) is 2.80. The van der Waals surface area contributed by atoms with E-state index < -0.39 is 6.10 Å². The highest BCUT2D eigenvalue weighted by Crippen LogP contribution is 2.26. The van der Waals surface area contributed by atoms with E-state index in [0.29, 0.717) is 24.5 Å². The van der Waals surface area contributed by atoms with Crippen LogP contribution in [-0.2, 0) is 11.2 Å². The van der Waals surface area contributed by atoms with Crippen LogP contribution >= 0.6 is 0 Å². The van der Waals surface area contributed by atoms with E-state index in [0.717, 1.165) is 5.56 Å². The van der Waals surface area contributed by atoms with Crippen molar-refractivity contribution in [2.45, 2.75) is 19.4 Å². The van der Waals surface area contributed by atoms with Crippen LogP contribution in [0.25, 0.3) is 0 Å². The number of nitrogens with one attached hydrogen (secondary N) is 1. The molecule has 0 bridgehead atoms. The summed E-state index contributed by atoms with van der Waals surface area (Å²) in [6, 6.07) is 13.4. The molecule has 0 saturated heterocycles. The van der Waals surface area contributed by atoms with Crippen LogP contribution in [0, 0.1) is 5.82 Å². The molecule has 122 valence electrons. The lowest BCUT2D eigenvalue weighted by Crippen LogP contribution is -2.37. The Morgan fingerprint density at radius 3 is 2.43 bits per heavy atom. The fourth-order valence-corrected chi connectivity index (χ4v) is 2.08. The molecule has 1 unspecified atom stereocenters. The smallest absolute Gasteiger partial charge is 0.260 e. The molecule has 0 spiro atoms. The van der Waals surface area contributed by atoms with Gasteiger partial charge in [0.25, 0.3) is 5.91 Å². The van der Waals surface area contributed by atoms with Gasteiger partial charge in [-0.2, -0.15) is 0 Å². The van der Waals surface area contributed by atoms with Crippen LogP contribution in [-0.4, -0.2) is 25.7 Å². The minimum atomic E-state index is -0.639. The number of methoxy groups -OCH3 is 1. The maximum atomic E-state index is 12.8. The summed E-state index contributed by atoms with van der Waals surface area (Å²) in [7, 11) is 1.55. The van der Waals surface area contributed by atoms with Crippen LogP contribution in [0.4, 0.5) is 4.39 Å². The zero-order valence-corrected chi connectivity index (χ0v) is 13.2. The standard InChI is InChI=1S/C18H20FNO3/c1-13(23-17-6-4-3-5-16(17)22-2)18(21)20-12-11-14-7-9-15(19)10-8-14/h3-10,13H,11-12H2,1-2H3,(H,20,21). The van der Waals surface area contributed by atoms with Gasteiger partial charge in [0.05, 0.1) is 7.11 Å². The van der Waals surface area contributed by atoms with Gasteiger partial charge in [-0.05, 0) is 43.2 Å². The molecule has 23 heavy (non-hydrogen) atoms. The number of rotatable bonds is 7. The lowest BCUT2D eigenvalue weighted by Gasteiger charge is -2.16. The molecule has 2 rings (SSSR count). The zero-order valence-electron chi connectivity index (χ0n) is 13.2. The lowest BCUT2D eigenvalue weighted by molar-refractivity contribution is -0.127. The Morgan fingerprint density at radius 2 is 1.78 bits per heavy atom. The number of amides is 1. The zero-order chi connectivity index (χ0) is 16.7. The molecular weight excluding hydrogens is 297 g/mol. The van der Waals surface area contributed by atoms with E-state index in [1.165, 1.54) is 12.1 Å². The van der Waals surface area contributed by atoms with Crippen LogP contribution in [0.15, 0.2) is 48.5 Å². The molecule has 0 radical (unpaired) electrons. The van der Waals surface area contributed by atoms with Crippen LogP contribution in [0.5, 0.6) is 11.5 Å². The Morgan fingerprint density at radius 1 is 1.13 bits per heavy atom. The fraction of sp³-hybridized carbons (Fsp3) is 0.278. The van der Waals surface area contributed by atoms with E-state index >= 15 is 0 Å². The topological polar surface area (TPSA) is 47.6 Å². The van der Waals surface area contributed by atoms with Gasteiger partial charge in [-0.1, -0.05) is 24.3 Å². The van der Waals surface area contributed by atoms with Crippen LogP contribution in [0.3, 0.4) is 0 Å². The maximum Gasteiger partial charge on any atom is 0.260 e. The van der Waals surface area contributed by atoms with Crippen molar-refractivity contribution in [1.29, 1.82) is 0 Å². The molecule has 0 aliphatic carbocycles. The summed E-state index contributed by atoms with van der Waals surface area (Å²) in [5.74, 6) is 0.629. The van der Waals surface area contributed by atoms with Gasteiger partial charge in [0, 0.05) is 6.54 Å². The van der Waals surface area contributed by atoms with Crippen LogP contribution in [0.1, 0.15) is 12.5 Å². The largest absolute Gasteiger partial charge is 0.493 e. The van der Waals surface area contributed by atoms with E-state index in [9.17, 15) is 9.18 Å². The van der Waals surface area contributed by atoms with Crippen LogP contribution in [0.2, 0.25) is 0 Å². The van der Waals surface area contributed by atoms with E-state index in [-0.39, 0.29) is 11.7 Å². The number of hydrogen-bond acceptors (Lipinski definition) is 3. The number of benzene rings is 2. The highest BCUT2D eigenvalue weighted by molar-refractivity contribution is 5.80. The molecule has 0 saturated carbocycles. The van der Waals surface area contributed by atoms with Gasteiger partial charge in [0.1, 0.15) is 5.82 Å². The van der Waals surface area contributed by atoms with Gasteiger partial charge in [-0.3, -0.25) is 4.79 Å². The summed E-state index contributed by atoms with van der Waals surface area (Å²) >= 11 is 0. The van der Waals surface area contributed by atoms with Crippen molar-refractivity contribution in [2.75, 3.05) is 13.7 Å². The third-order valence-corrected chi connectivity index (χ3v) is 3.37. The number of carbonyl (C=O) groups excluding carboxylic acids is 1. The number of halogens is 1. The summed E-state index contributed by atoms with van der Waals surface area (Å²) < 4.78 is 23.6. The summed E-state index contributed by atoms with van der Waals surface area (Å²) in [6.45, 7) is 2.14. The number of hydrogen-bond donors (Lipinski definition) is 1. The van der Waals surface area contributed by atoms with Gasteiger partial charge in [0.15, 0.2) is 17.6 Å². The van der Waals surface area contributed by atoms with E-state index in [2.05, 4.69) is 5.32 Å². The minimum Gasteiger partial charge on any atom is -0.493 e.